The molecule has 1 aliphatic carbocycles. The van der Waals surface area contributed by atoms with Gasteiger partial charge in [-0.2, -0.15) is 35.8 Å². The van der Waals surface area contributed by atoms with Crippen LogP contribution in [0, 0.1) is 6.92 Å². The standard InChI is InChI=1S/C26H19ClF7N3O4/c1-13-20-16(36-37-23(39)24(28,29)25(30,31)26(32,33)34)8-5-9-19(20)41-21(13)22(38)35-17-12-14(27)10-11-18(17)40-15-6-3-2-4-7-15/h2-4,6-7,10-12H,5,8-9H2,1H3,(H,35,38)(H,37,39)/b36-16+. The number of alkyl halides is 7. The third-order valence-corrected chi connectivity index (χ3v) is 6.26. The maximum absolute atomic E-state index is 13.7. The van der Waals surface area contributed by atoms with Gasteiger partial charge in [0.15, 0.2) is 11.5 Å². The summed E-state index contributed by atoms with van der Waals surface area (Å²) in [5.74, 6) is -15.8. The number of nitrogens with one attached hydrogen (secondary N) is 2. The van der Waals surface area contributed by atoms with Crippen molar-refractivity contribution >= 4 is 34.8 Å². The van der Waals surface area contributed by atoms with Crippen molar-refractivity contribution in [2.45, 2.75) is 44.2 Å². The summed E-state index contributed by atoms with van der Waals surface area (Å²) in [5.41, 5.74) is 1.41. The van der Waals surface area contributed by atoms with Gasteiger partial charge in [-0.25, -0.2) is 5.43 Å². The average Bonchev–Trinajstić information content (AvgIpc) is 3.25. The number of carbonyl (C=O) groups is 2. The van der Waals surface area contributed by atoms with E-state index in [0.717, 1.165) is 5.43 Å². The van der Waals surface area contributed by atoms with Crippen LogP contribution in [0.15, 0.2) is 58.0 Å². The molecule has 218 valence electrons. The van der Waals surface area contributed by atoms with Crippen LogP contribution in [0.5, 0.6) is 11.5 Å². The molecule has 2 amide bonds. The number of anilines is 1. The summed E-state index contributed by atoms with van der Waals surface area (Å²) in [5, 5.41) is 6.27. The van der Waals surface area contributed by atoms with E-state index in [4.69, 9.17) is 20.8 Å². The molecule has 0 radical (unpaired) electrons. The van der Waals surface area contributed by atoms with Gasteiger partial charge in [0.05, 0.1) is 11.4 Å². The van der Waals surface area contributed by atoms with Crippen molar-refractivity contribution in [1.82, 2.24) is 5.43 Å². The van der Waals surface area contributed by atoms with Crippen LogP contribution in [-0.4, -0.2) is 35.5 Å². The van der Waals surface area contributed by atoms with Crippen molar-refractivity contribution < 1.29 is 49.5 Å². The van der Waals surface area contributed by atoms with Crippen LogP contribution in [0.25, 0.3) is 0 Å². The first-order valence-corrected chi connectivity index (χ1v) is 12.2. The zero-order valence-electron chi connectivity index (χ0n) is 20.8. The first-order valence-electron chi connectivity index (χ1n) is 11.8. The molecule has 0 spiro atoms. The fraction of sp³-hybridized carbons (Fsp3) is 0.269. The smallest absolute Gasteiger partial charge is 0.455 e. The number of furan rings is 1. The molecule has 2 aromatic carbocycles. The predicted octanol–water partition coefficient (Wildman–Crippen LogP) is 7.28. The van der Waals surface area contributed by atoms with Crippen LogP contribution >= 0.6 is 11.6 Å². The van der Waals surface area contributed by atoms with Gasteiger partial charge in [-0.05, 0) is 50.1 Å². The fourth-order valence-corrected chi connectivity index (χ4v) is 4.16. The molecule has 1 aromatic heterocycles. The lowest BCUT2D eigenvalue weighted by atomic mass is 9.93. The highest BCUT2D eigenvalue weighted by atomic mass is 35.5. The summed E-state index contributed by atoms with van der Waals surface area (Å²) in [6, 6.07) is 13.1. The van der Waals surface area contributed by atoms with Gasteiger partial charge in [0.2, 0.25) is 0 Å². The SMILES string of the molecule is Cc1c(C(=O)Nc2cc(Cl)ccc2Oc2ccccc2)oc2c1/C(=N/NC(=O)C(F)(F)C(F)(F)C(F)(F)F)CCC2. The maximum atomic E-state index is 13.7. The summed E-state index contributed by atoms with van der Waals surface area (Å²) in [7, 11) is 0. The molecule has 2 N–H and O–H groups in total. The van der Waals surface area contributed by atoms with E-state index in [-0.39, 0.29) is 64.1 Å². The first kappa shape index (κ1) is 29.9. The molecular formula is C26H19ClF7N3O4. The number of fused-ring (bicyclic) bond motifs is 1. The summed E-state index contributed by atoms with van der Waals surface area (Å²) in [6.07, 6.45) is -6.12. The highest BCUT2D eigenvalue weighted by Crippen LogP contribution is 2.46. The second kappa shape index (κ2) is 11.1. The van der Waals surface area contributed by atoms with Gasteiger partial charge in [-0.3, -0.25) is 9.59 Å². The Balaban J connectivity index is 1.58. The van der Waals surface area contributed by atoms with Gasteiger partial charge < -0.3 is 14.5 Å². The zero-order chi connectivity index (χ0) is 30.2. The Labute approximate surface area is 232 Å². The number of hydrazone groups is 1. The minimum atomic E-state index is -6.68. The third kappa shape index (κ3) is 5.87. The van der Waals surface area contributed by atoms with Gasteiger partial charge >= 0.3 is 23.9 Å². The van der Waals surface area contributed by atoms with Crippen molar-refractivity contribution in [3.8, 4) is 11.5 Å². The summed E-state index contributed by atoms with van der Waals surface area (Å²) in [6.45, 7) is 1.42. The Morgan fingerprint density at radius 3 is 2.34 bits per heavy atom. The van der Waals surface area contributed by atoms with E-state index in [1.165, 1.54) is 25.1 Å². The highest BCUT2D eigenvalue weighted by Gasteiger charge is 2.76. The van der Waals surface area contributed by atoms with Crippen molar-refractivity contribution in [3.63, 3.8) is 0 Å². The number of hydrogen-bond donors (Lipinski definition) is 2. The van der Waals surface area contributed by atoms with Crippen molar-refractivity contribution in [2.75, 3.05) is 5.32 Å². The number of rotatable bonds is 7. The molecule has 1 heterocycles. The number of amides is 2. The predicted molar refractivity (Wildman–Crippen MR) is 133 cm³/mol. The van der Waals surface area contributed by atoms with Crippen LogP contribution in [0.3, 0.4) is 0 Å². The van der Waals surface area contributed by atoms with Crippen LogP contribution in [0.2, 0.25) is 5.02 Å². The molecule has 0 saturated heterocycles. The molecule has 0 unspecified atom stereocenters. The summed E-state index contributed by atoms with van der Waals surface area (Å²) >= 11 is 6.08. The molecule has 0 bridgehead atoms. The van der Waals surface area contributed by atoms with Crippen LogP contribution in [0.1, 0.15) is 40.3 Å². The Kier molecular flexibility index (Phi) is 8.07. The Bertz CT molecular complexity index is 1500. The van der Waals surface area contributed by atoms with Gasteiger partial charge in [0.25, 0.3) is 5.91 Å². The van der Waals surface area contributed by atoms with E-state index in [0.29, 0.717) is 5.75 Å². The van der Waals surface area contributed by atoms with Crippen LogP contribution in [-0.2, 0) is 11.2 Å². The fourth-order valence-electron chi connectivity index (χ4n) is 3.99. The monoisotopic (exact) mass is 605 g/mol. The van der Waals surface area contributed by atoms with E-state index in [9.17, 15) is 40.3 Å². The molecule has 1 aliphatic rings. The number of para-hydroxylation sites is 1. The molecule has 7 nitrogen and oxygen atoms in total. The van der Waals surface area contributed by atoms with Gasteiger partial charge in [0, 0.05) is 22.6 Å². The molecule has 4 rings (SSSR count). The van der Waals surface area contributed by atoms with Gasteiger partial charge in [-0.1, -0.05) is 29.8 Å². The van der Waals surface area contributed by atoms with Crippen LogP contribution < -0.4 is 15.5 Å². The average molecular weight is 606 g/mol. The van der Waals surface area contributed by atoms with E-state index >= 15 is 0 Å². The first-order chi connectivity index (χ1) is 19.1. The van der Waals surface area contributed by atoms with E-state index in [1.54, 1.807) is 30.3 Å². The number of ether oxygens (including phenoxy) is 1. The Hall–Kier alpha value is -4.07. The number of carbonyl (C=O) groups excluding carboxylic acids is 2. The zero-order valence-corrected chi connectivity index (χ0v) is 21.6. The molecule has 0 atom stereocenters. The molecule has 0 saturated carbocycles. The summed E-state index contributed by atoms with van der Waals surface area (Å²) < 4.78 is 103. The Morgan fingerprint density at radius 1 is 1.00 bits per heavy atom. The molecule has 0 fully saturated rings. The van der Waals surface area contributed by atoms with Gasteiger partial charge in [-0.15, -0.1) is 0 Å². The third-order valence-electron chi connectivity index (χ3n) is 6.02. The second-order valence-electron chi connectivity index (χ2n) is 8.86. The van der Waals surface area contributed by atoms with E-state index < -0.39 is 29.8 Å². The minimum absolute atomic E-state index is 0.0132. The van der Waals surface area contributed by atoms with E-state index in [1.807, 2.05) is 0 Å². The normalized spacial score (nSPS) is 14.9. The summed E-state index contributed by atoms with van der Waals surface area (Å²) in [4.78, 5) is 24.8. The second-order valence-corrected chi connectivity index (χ2v) is 9.30. The maximum Gasteiger partial charge on any atom is 0.460 e. The molecule has 15 heteroatoms. The van der Waals surface area contributed by atoms with E-state index in [2.05, 4.69) is 10.4 Å². The number of aryl methyl sites for hydroxylation is 1. The quantitative estimate of drug-likeness (QED) is 0.219. The van der Waals surface area contributed by atoms with Gasteiger partial charge in [0.1, 0.15) is 11.5 Å². The number of benzene rings is 2. The highest BCUT2D eigenvalue weighted by molar-refractivity contribution is 6.31. The lowest BCUT2D eigenvalue weighted by molar-refractivity contribution is -0.344. The van der Waals surface area contributed by atoms with Crippen molar-refractivity contribution in [2.24, 2.45) is 5.10 Å². The lowest BCUT2D eigenvalue weighted by Gasteiger charge is -2.26. The number of halogens is 8. The van der Waals surface area contributed by atoms with Crippen LogP contribution in [0.4, 0.5) is 36.4 Å². The largest absolute Gasteiger partial charge is 0.460 e. The molecular weight excluding hydrogens is 587 g/mol. The minimum Gasteiger partial charge on any atom is -0.455 e. The lowest BCUT2D eigenvalue weighted by Crippen LogP contribution is -2.58. The van der Waals surface area contributed by atoms with Crippen molar-refractivity contribution in [1.29, 1.82) is 0 Å². The van der Waals surface area contributed by atoms with Crippen molar-refractivity contribution in [3.05, 3.63) is 76.2 Å². The number of hydrogen-bond acceptors (Lipinski definition) is 5. The Morgan fingerprint density at radius 2 is 1.68 bits per heavy atom. The molecule has 0 aliphatic heterocycles. The number of nitrogens with zero attached hydrogens (tertiary/aromatic N) is 1. The topological polar surface area (TPSA) is 92.9 Å². The molecule has 41 heavy (non-hydrogen) atoms. The molecule has 3 aromatic rings.